The van der Waals surface area contributed by atoms with Crippen molar-refractivity contribution in [1.82, 2.24) is 15.1 Å². The molecular weight excluding hydrogens is 281 g/mol. The molecule has 1 saturated carbocycles. The van der Waals surface area contributed by atoms with Crippen LogP contribution in [0, 0.1) is 12.8 Å². The predicted molar refractivity (Wildman–Crippen MR) is 80.9 cm³/mol. The number of alkyl halides is 1. The summed E-state index contributed by atoms with van der Waals surface area (Å²) < 4.78 is 1.73. The first-order valence-electron chi connectivity index (χ1n) is 6.96. The van der Waals surface area contributed by atoms with Gasteiger partial charge < -0.3 is 5.32 Å². The summed E-state index contributed by atoms with van der Waals surface area (Å²) >= 11 is 12.5. The fourth-order valence-electron chi connectivity index (χ4n) is 2.82. The molecule has 1 fully saturated rings. The van der Waals surface area contributed by atoms with Crippen molar-refractivity contribution in [2.75, 3.05) is 5.88 Å². The lowest BCUT2D eigenvalue weighted by molar-refractivity contribution is 0.216. The van der Waals surface area contributed by atoms with Gasteiger partial charge >= 0.3 is 0 Å². The molecule has 0 bridgehead atoms. The number of nitrogens with zero attached hydrogens (tertiary/aromatic N) is 2. The van der Waals surface area contributed by atoms with E-state index in [0.717, 1.165) is 41.7 Å². The molecule has 0 amide bonds. The summed E-state index contributed by atoms with van der Waals surface area (Å²) in [5, 5.41) is 8.71. The maximum absolute atomic E-state index is 6.27. The van der Waals surface area contributed by atoms with Crippen LogP contribution in [0.1, 0.15) is 43.9 Å². The fourth-order valence-corrected chi connectivity index (χ4v) is 3.43. The number of aromatic nitrogens is 2. The molecule has 5 heteroatoms. The molecule has 0 aromatic carbocycles. The van der Waals surface area contributed by atoms with Crippen LogP contribution in [0.3, 0.4) is 0 Å². The number of rotatable bonds is 4. The highest BCUT2D eigenvalue weighted by Crippen LogP contribution is 2.33. The molecule has 1 aromatic rings. The first-order chi connectivity index (χ1) is 8.97. The van der Waals surface area contributed by atoms with Crippen LogP contribution >= 0.6 is 23.2 Å². The smallest absolute Gasteiger partial charge is 0.131 e. The van der Waals surface area contributed by atoms with E-state index in [2.05, 4.69) is 17.3 Å². The molecule has 1 aromatic heterocycles. The first kappa shape index (κ1) is 15.1. The summed E-state index contributed by atoms with van der Waals surface area (Å²) in [6.45, 7) is 5.07. The van der Waals surface area contributed by atoms with Gasteiger partial charge in [-0.15, -0.1) is 11.6 Å². The maximum Gasteiger partial charge on any atom is 0.131 e. The average Bonchev–Trinajstić information content (AvgIpc) is 2.64. The van der Waals surface area contributed by atoms with Gasteiger partial charge in [0.2, 0.25) is 0 Å². The Balaban J connectivity index is 2.04. The Labute approximate surface area is 125 Å². The van der Waals surface area contributed by atoms with E-state index >= 15 is 0 Å². The third-order valence-electron chi connectivity index (χ3n) is 4.40. The van der Waals surface area contributed by atoms with Gasteiger partial charge in [0.15, 0.2) is 0 Å². The highest BCUT2D eigenvalue weighted by molar-refractivity contribution is 6.30. The molecule has 0 aliphatic heterocycles. The second-order valence-corrected chi connectivity index (χ2v) is 6.55. The van der Waals surface area contributed by atoms with Gasteiger partial charge in [-0.1, -0.05) is 18.5 Å². The minimum atomic E-state index is 0.0691. The molecule has 19 heavy (non-hydrogen) atoms. The van der Waals surface area contributed by atoms with E-state index in [4.69, 9.17) is 23.2 Å². The molecule has 1 aliphatic carbocycles. The molecule has 0 unspecified atom stereocenters. The number of nitrogens with one attached hydrogen (secondary N) is 1. The monoisotopic (exact) mass is 303 g/mol. The van der Waals surface area contributed by atoms with Crippen LogP contribution in [0.25, 0.3) is 0 Å². The number of hydrogen-bond acceptors (Lipinski definition) is 2. The minimum absolute atomic E-state index is 0.0691. The van der Waals surface area contributed by atoms with Gasteiger partial charge in [-0.25, -0.2) is 0 Å². The van der Waals surface area contributed by atoms with Gasteiger partial charge in [0.05, 0.1) is 5.69 Å². The van der Waals surface area contributed by atoms with Crippen LogP contribution in [0.4, 0.5) is 0 Å². The normalized spacial score (nSPS) is 27.7. The van der Waals surface area contributed by atoms with Gasteiger partial charge in [-0.05, 0) is 38.5 Å². The molecule has 0 radical (unpaired) electrons. The first-order valence-corrected chi connectivity index (χ1v) is 7.87. The zero-order chi connectivity index (χ0) is 14.0. The molecule has 0 atom stereocenters. The highest BCUT2D eigenvalue weighted by Gasteiger charge is 2.33. The van der Waals surface area contributed by atoms with Crippen molar-refractivity contribution < 1.29 is 0 Å². The molecule has 2 rings (SSSR count). The second kappa shape index (κ2) is 6.02. The number of aryl methyl sites for hydroxylation is 2. The van der Waals surface area contributed by atoms with E-state index in [1.54, 1.807) is 4.68 Å². The van der Waals surface area contributed by atoms with Crippen molar-refractivity contribution in [2.24, 2.45) is 13.0 Å². The summed E-state index contributed by atoms with van der Waals surface area (Å²) in [7, 11) is 1.87. The van der Waals surface area contributed by atoms with E-state index in [1.807, 2.05) is 14.0 Å². The van der Waals surface area contributed by atoms with Gasteiger partial charge in [0.1, 0.15) is 5.15 Å². The summed E-state index contributed by atoms with van der Waals surface area (Å²) in [6.07, 6.45) is 4.79. The topological polar surface area (TPSA) is 29.9 Å². The quantitative estimate of drug-likeness (QED) is 0.860. The van der Waals surface area contributed by atoms with Crippen molar-refractivity contribution in [2.45, 2.75) is 51.6 Å². The zero-order valence-electron chi connectivity index (χ0n) is 12.0. The molecule has 1 aliphatic rings. The highest BCUT2D eigenvalue weighted by atomic mass is 35.5. The van der Waals surface area contributed by atoms with Crippen molar-refractivity contribution in [3.8, 4) is 0 Å². The summed E-state index contributed by atoms with van der Waals surface area (Å²) in [4.78, 5) is 0. The molecule has 1 heterocycles. The number of hydrogen-bond donors (Lipinski definition) is 1. The summed E-state index contributed by atoms with van der Waals surface area (Å²) in [6, 6.07) is 0. The standard InChI is InChI=1S/C14H23Cl2N3/c1-10-4-6-14(9-15,7-5-10)17-8-12-11(2)18-19(3)13(12)16/h10,17H,4-9H2,1-3H3. The second-order valence-electron chi connectivity index (χ2n) is 5.93. The Morgan fingerprint density at radius 1 is 1.42 bits per heavy atom. The molecule has 0 saturated heterocycles. The van der Waals surface area contributed by atoms with E-state index < -0.39 is 0 Å². The summed E-state index contributed by atoms with van der Waals surface area (Å²) in [5.74, 6) is 1.48. The zero-order valence-corrected chi connectivity index (χ0v) is 13.5. The predicted octanol–water partition coefficient (Wildman–Crippen LogP) is 3.66. The van der Waals surface area contributed by atoms with Crippen LogP contribution in [0.15, 0.2) is 0 Å². The van der Waals surface area contributed by atoms with E-state index in [9.17, 15) is 0 Å². The summed E-state index contributed by atoms with van der Waals surface area (Å²) in [5.41, 5.74) is 2.15. The molecule has 108 valence electrons. The van der Waals surface area contributed by atoms with Crippen LogP contribution in [-0.2, 0) is 13.6 Å². The average molecular weight is 304 g/mol. The minimum Gasteiger partial charge on any atom is -0.306 e. The third-order valence-corrected chi connectivity index (χ3v) is 5.38. The van der Waals surface area contributed by atoms with Gasteiger partial charge in [0.25, 0.3) is 0 Å². The van der Waals surface area contributed by atoms with Crippen molar-refractivity contribution in [3.05, 3.63) is 16.4 Å². The van der Waals surface area contributed by atoms with Crippen LogP contribution in [0.5, 0.6) is 0 Å². The van der Waals surface area contributed by atoms with Crippen molar-refractivity contribution in [1.29, 1.82) is 0 Å². The van der Waals surface area contributed by atoms with Crippen molar-refractivity contribution in [3.63, 3.8) is 0 Å². The lowest BCUT2D eigenvalue weighted by Crippen LogP contribution is -2.49. The van der Waals surface area contributed by atoms with Crippen LogP contribution < -0.4 is 5.32 Å². The number of halogens is 2. The maximum atomic E-state index is 6.27. The molecule has 3 nitrogen and oxygen atoms in total. The van der Waals surface area contributed by atoms with Crippen molar-refractivity contribution >= 4 is 23.2 Å². The van der Waals surface area contributed by atoms with Gasteiger partial charge in [0, 0.05) is 30.6 Å². The SMILES string of the molecule is Cc1nn(C)c(Cl)c1CNC1(CCl)CCC(C)CC1. The Morgan fingerprint density at radius 3 is 2.53 bits per heavy atom. The largest absolute Gasteiger partial charge is 0.306 e. The lowest BCUT2D eigenvalue weighted by Gasteiger charge is -2.39. The Hall–Kier alpha value is -0.250. The molecule has 1 N–H and O–H groups in total. The van der Waals surface area contributed by atoms with Crippen LogP contribution in [0.2, 0.25) is 5.15 Å². The molecule has 0 spiro atoms. The Morgan fingerprint density at radius 2 is 2.05 bits per heavy atom. The Bertz CT molecular complexity index is 434. The van der Waals surface area contributed by atoms with E-state index in [-0.39, 0.29) is 5.54 Å². The van der Waals surface area contributed by atoms with Crippen LogP contribution in [-0.4, -0.2) is 21.2 Å². The van der Waals surface area contributed by atoms with Gasteiger partial charge in [-0.3, -0.25) is 4.68 Å². The fraction of sp³-hybridized carbons (Fsp3) is 0.786. The Kier molecular flexibility index (Phi) is 4.80. The third kappa shape index (κ3) is 3.26. The van der Waals surface area contributed by atoms with E-state index in [1.165, 1.54) is 12.8 Å². The van der Waals surface area contributed by atoms with E-state index in [0.29, 0.717) is 5.88 Å². The molecular formula is C14H23Cl2N3. The van der Waals surface area contributed by atoms with Gasteiger partial charge in [-0.2, -0.15) is 5.10 Å². The lowest BCUT2D eigenvalue weighted by atomic mass is 9.78.